The van der Waals surface area contributed by atoms with Gasteiger partial charge >= 0.3 is 0 Å². The van der Waals surface area contributed by atoms with Gasteiger partial charge in [0.1, 0.15) is 0 Å². The zero-order valence-corrected chi connectivity index (χ0v) is 11.3. The van der Waals surface area contributed by atoms with Crippen LogP contribution in [-0.4, -0.2) is 19.2 Å². The molecular weight excluding hydrogens is 286 g/mol. The quantitative estimate of drug-likeness (QED) is 0.927. The first-order valence-corrected chi connectivity index (χ1v) is 5.82. The van der Waals surface area contributed by atoms with Gasteiger partial charge in [0.05, 0.1) is 14.2 Å². The van der Waals surface area contributed by atoms with Gasteiger partial charge in [-0.15, -0.1) is 0 Å². The lowest BCUT2D eigenvalue weighted by atomic mass is 10.1. The number of hydrogen-bond donors (Lipinski definition) is 1. The van der Waals surface area contributed by atoms with Crippen LogP contribution in [0.15, 0.2) is 21.4 Å². The first-order chi connectivity index (χ1) is 8.08. The number of aromatic nitrogens is 1. The molecule has 2 aromatic rings. The summed E-state index contributed by atoms with van der Waals surface area (Å²) in [6.07, 6.45) is 0. The Bertz CT molecular complexity index is 634. The van der Waals surface area contributed by atoms with Crippen molar-refractivity contribution in [1.29, 1.82) is 0 Å². The Kier molecular flexibility index (Phi) is 3.11. The molecule has 0 bridgehead atoms. The molecule has 1 aromatic carbocycles. The van der Waals surface area contributed by atoms with Gasteiger partial charge in [0.15, 0.2) is 11.5 Å². The van der Waals surface area contributed by atoms with Crippen LogP contribution < -0.4 is 15.0 Å². The van der Waals surface area contributed by atoms with Gasteiger partial charge in [-0.25, -0.2) is 0 Å². The van der Waals surface area contributed by atoms with Gasteiger partial charge in [0.25, 0.3) is 0 Å². The van der Waals surface area contributed by atoms with Gasteiger partial charge in [-0.2, -0.15) is 0 Å². The van der Waals surface area contributed by atoms with Gasteiger partial charge in [0, 0.05) is 27.0 Å². The van der Waals surface area contributed by atoms with E-state index < -0.39 is 0 Å². The van der Waals surface area contributed by atoms with E-state index in [1.165, 1.54) is 6.07 Å². The summed E-state index contributed by atoms with van der Waals surface area (Å²) in [5.41, 5.74) is 0.617. The number of aryl methyl sites for hydroxylation is 1. The predicted octanol–water partition coefficient (Wildman–Crippen LogP) is 2.62. The molecule has 0 amide bonds. The second-order valence-corrected chi connectivity index (χ2v) is 4.50. The minimum Gasteiger partial charge on any atom is -0.493 e. The lowest BCUT2D eigenvalue weighted by Crippen LogP contribution is -2.07. The zero-order valence-electron chi connectivity index (χ0n) is 9.76. The summed E-state index contributed by atoms with van der Waals surface area (Å²) in [6.45, 7) is 1.83. The summed E-state index contributed by atoms with van der Waals surface area (Å²) in [4.78, 5) is 14.2. The smallest absolute Gasteiger partial charge is 0.248 e. The second kappa shape index (κ2) is 4.41. The molecule has 0 radical (unpaired) electrons. The Morgan fingerprint density at radius 1 is 1.24 bits per heavy atom. The van der Waals surface area contributed by atoms with E-state index in [0.717, 1.165) is 20.9 Å². The monoisotopic (exact) mass is 297 g/mol. The SMILES string of the molecule is COc1cc(Br)c2cc(=O)[nH]c(C)c2c1OC. The fourth-order valence-corrected chi connectivity index (χ4v) is 2.43. The zero-order chi connectivity index (χ0) is 12.6. The molecule has 90 valence electrons. The van der Waals surface area contributed by atoms with Crippen molar-refractivity contribution in [1.82, 2.24) is 4.98 Å². The normalized spacial score (nSPS) is 10.6. The number of ether oxygens (including phenoxy) is 2. The van der Waals surface area contributed by atoms with Crippen molar-refractivity contribution in [2.45, 2.75) is 6.92 Å². The summed E-state index contributed by atoms with van der Waals surface area (Å²) in [5.74, 6) is 1.25. The highest BCUT2D eigenvalue weighted by Gasteiger charge is 2.15. The van der Waals surface area contributed by atoms with Crippen LogP contribution in [0.3, 0.4) is 0 Å². The highest BCUT2D eigenvalue weighted by Crippen LogP contribution is 2.40. The molecule has 0 aliphatic carbocycles. The van der Waals surface area contributed by atoms with Gasteiger partial charge in [0.2, 0.25) is 5.56 Å². The van der Waals surface area contributed by atoms with Crippen molar-refractivity contribution in [3.8, 4) is 11.5 Å². The number of nitrogens with one attached hydrogen (secondary N) is 1. The van der Waals surface area contributed by atoms with E-state index in [0.29, 0.717) is 11.5 Å². The van der Waals surface area contributed by atoms with Crippen molar-refractivity contribution in [2.24, 2.45) is 0 Å². The molecule has 0 saturated heterocycles. The molecule has 5 heteroatoms. The minimum absolute atomic E-state index is 0.136. The molecule has 1 heterocycles. The molecule has 0 saturated carbocycles. The van der Waals surface area contributed by atoms with Crippen LogP contribution in [0.1, 0.15) is 5.69 Å². The number of H-pyrrole nitrogens is 1. The van der Waals surface area contributed by atoms with Crippen molar-refractivity contribution in [2.75, 3.05) is 14.2 Å². The highest BCUT2D eigenvalue weighted by molar-refractivity contribution is 9.10. The molecule has 1 aromatic heterocycles. The lowest BCUT2D eigenvalue weighted by molar-refractivity contribution is 0.358. The van der Waals surface area contributed by atoms with E-state index in [-0.39, 0.29) is 5.56 Å². The van der Waals surface area contributed by atoms with Crippen molar-refractivity contribution >= 4 is 26.7 Å². The molecule has 0 unspecified atom stereocenters. The first kappa shape index (κ1) is 12.0. The molecule has 4 nitrogen and oxygen atoms in total. The molecular formula is C12H12BrNO3. The standard InChI is InChI=1S/C12H12BrNO3/c1-6-11-7(4-10(15)14-6)8(13)5-9(16-2)12(11)17-3/h4-5H,1-3H3,(H,14,15). The molecule has 17 heavy (non-hydrogen) atoms. The fourth-order valence-electron chi connectivity index (χ4n) is 1.91. The molecule has 0 aliphatic rings. The maximum atomic E-state index is 11.5. The average Bonchev–Trinajstić information content (AvgIpc) is 2.29. The summed E-state index contributed by atoms with van der Waals surface area (Å²) >= 11 is 3.43. The number of aromatic amines is 1. The van der Waals surface area contributed by atoms with Gasteiger partial charge in [-0.1, -0.05) is 15.9 Å². The van der Waals surface area contributed by atoms with E-state index in [1.54, 1.807) is 20.3 Å². The van der Waals surface area contributed by atoms with Gasteiger partial charge < -0.3 is 14.5 Å². The van der Waals surface area contributed by atoms with E-state index >= 15 is 0 Å². The fraction of sp³-hybridized carbons (Fsp3) is 0.250. The van der Waals surface area contributed by atoms with Crippen LogP contribution in [-0.2, 0) is 0 Å². The van der Waals surface area contributed by atoms with E-state index in [2.05, 4.69) is 20.9 Å². The Hall–Kier alpha value is -1.49. The lowest BCUT2D eigenvalue weighted by Gasteiger charge is -2.13. The molecule has 0 spiro atoms. The third-order valence-electron chi connectivity index (χ3n) is 2.62. The Morgan fingerprint density at radius 2 is 1.94 bits per heavy atom. The Balaban J connectivity index is 3.00. The molecule has 0 fully saturated rings. The van der Waals surface area contributed by atoms with E-state index in [4.69, 9.17) is 9.47 Å². The molecule has 0 aliphatic heterocycles. The van der Waals surface area contributed by atoms with Crippen LogP contribution in [0.2, 0.25) is 0 Å². The van der Waals surface area contributed by atoms with Crippen LogP contribution in [0, 0.1) is 6.92 Å². The Morgan fingerprint density at radius 3 is 2.53 bits per heavy atom. The van der Waals surface area contributed by atoms with Crippen LogP contribution in [0.4, 0.5) is 0 Å². The predicted molar refractivity (Wildman–Crippen MR) is 70.1 cm³/mol. The summed E-state index contributed by atoms with van der Waals surface area (Å²) in [5, 5.41) is 1.65. The molecule has 1 N–H and O–H groups in total. The van der Waals surface area contributed by atoms with Crippen molar-refractivity contribution in [3.63, 3.8) is 0 Å². The van der Waals surface area contributed by atoms with Gasteiger partial charge in [-0.05, 0) is 13.0 Å². The maximum Gasteiger partial charge on any atom is 0.248 e. The van der Waals surface area contributed by atoms with Crippen molar-refractivity contribution < 1.29 is 9.47 Å². The van der Waals surface area contributed by atoms with E-state index in [1.807, 2.05) is 6.92 Å². The second-order valence-electron chi connectivity index (χ2n) is 3.64. The van der Waals surface area contributed by atoms with Crippen LogP contribution in [0.25, 0.3) is 10.8 Å². The first-order valence-electron chi connectivity index (χ1n) is 5.02. The Labute approximate surface area is 107 Å². The van der Waals surface area contributed by atoms with Crippen LogP contribution in [0.5, 0.6) is 11.5 Å². The number of benzene rings is 1. The summed E-state index contributed by atoms with van der Waals surface area (Å²) in [7, 11) is 3.16. The number of methoxy groups -OCH3 is 2. The van der Waals surface area contributed by atoms with Gasteiger partial charge in [-0.3, -0.25) is 4.79 Å². The number of pyridine rings is 1. The number of fused-ring (bicyclic) bond motifs is 1. The number of rotatable bonds is 2. The third kappa shape index (κ3) is 1.91. The van der Waals surface area contributed by atoms with Crippen molar-refractivity contribution in [3.05, 3.63) is 32.7 Å². The third-order valence-corrected chi connectivity index (χ3v) is 3.28. The molecule has 0 atom stereocenters. The summed E-state index contributed by atoms with van der Waals surface area (Å²) in [6, 6.07) is 3.33. The topological polar surface area (TPSA) is 51.3 Å². The highest BCUT2D eigenvalue weighted by atomic mass is 79.9. The number of hydrogen-bond acceptors (Lipinski definition) is 3. The van der Waals surface area contributed by atoms with E-state index in [9.17, 15) is 4.79 Å². The minimum atomic E-state index is -0.136. The van der Waals surface area contributed by atoms with Crippen LogP contribution >= 0.6 is 15.9 Å². The molecule has 2 rings (SSSR count). The maximum absolute atomic E-state index is 11.5. The summed E-state index contributed by atoms with van der Waals surface area (Å²) < 4.78 is 11.4. The average molecular weight is 298 g/mol. The number of halogens is 1. The largest absolute Gasteiger partial charge is 0.493 e.